The number of amides is 2. The smallest absolute Gasteiger partial charge is 0.231 e. The maximum Gasteiger partial charge on any atom is 0.231 e. The molecule has 2 heterocycles. The minimum Gasteiger partial charge on any atom is -0.345 e. The van der Waals surface area contributed by atoms with E-state index in [1.54, 1.807) is 11.9 Å². The van der Waals surface area contributed by atoms with Crippen LogP contribution >= 0.6 is 0 Å². The maximum atomic E-state index is 11.9. The fraction of sp³-hybridized carbons (Fsp3) is 0.545. The summed E-state index contributed by atoms with van der Waals surface area (Å²) in [4.78, 5) is 24.8. The zero-order valence-corrected chi connectivity index (χ0v) is 10.2. The molecule has 92 valence electrons. The number of hydrogen-bond donors (Lipinski definition) is 2. The Balaban J connectivity index is 2.03. The number of nitrogens with one attached hydrogen (secondary N) is 2. The molecule has 0 spiro atoms. The van der Waals surface area contributed by atoms with E-state index in [-0.39, 0.29) is 24.2 Å². The van der Waals surface area contributed by atoms with Crippen molar-refractivity contribution in [3.8, 4) is 0 Å². The molecule has 2 amide bonds. The summed E-state index contributed by atoms with van der Waals surface area (Å²) in [5, 5.41) is 9.57. The number of aromatic nitrogens is 2. The monoisotopic (exact) mass is 236 g/mol. The van der Waals surface area contributed by atoms with Gasteiger partial charge in [-0.2, -0.15) is 5.10 Å². The van der Waals surface area contributed by atoms with Crippen LogP contribution in [0.2, 0.25) is 0 Å². The molecule has 2 N–H and O–H groups in total. The van der Waals surface area contributed by atoms with E-state index in [0.29, 0.717) is 12.4 Å². The molecule has 2 rings (SSSR count). The van der Waals surface area contributed by atoms with Gasteiger partial charge < -0.3 is 10.2 Å². The number of hydrogen-bond acceptors (Lipinski definition) is 3. The van der Waals surface area contributed by atoms with Gasteiger partial charge in [0.05, 0.1) is 5.92 Å². The maximum absolute atomic E-state index is 11.9. The van der Waals surface area contributed by atoms with E-state index in [1.807, 2.05) is 13.8 Å². The van der Waals surface area contributed by atoms with Gasteiger partial charge in [-0.15, -0.1) is 0 Å². The summed E-state index contributed by atoms with van der Waals surface area (Å²) in [5.74, 6) is 0.149. The van der Waals surface area contributed by atoms with Crippen LogP contribution in [0.4, 0.5) is 5.82 Å². The van der Waals surface area contributed by atoms with Gasteiger partial charge in [-0.25, -0.2) is 0 Å². The van der Waals surface area contributed by atoms with Crippen LogP contribution in [0.15, 0.2) is 0 Å². The quantitative estimate of drug-likeness (QED) is 0.782. The average Bonchev–Trinajstić information content (AvgIpc) is 2.77. The summed E-state index contributed by atoms with van der Waals surface area (Å²) in [6.45, 7) is 4.26. The van der Waals surface area contributed by atoms with Gasteiger partial charge in [0.25, 0.3) is 0 Å². The first kappa shape index (κ1) is 11.6. The highest BCUT2D eigenvalue weighted by Crippen LogP contribution is 2.19. The third kappa shape index (κ3) is 2.15. The molecule has 6 heteroatoms. The van der Waals surface area contributed by atoms with Gasteiger partial charge in [0.15, 0.2) is 5.82 Å². The lowest BCUT2D eigenvalue weighted by Gasteiger charge is -2.09. The van der Waals surface area contributed by atoms with E-state index in [4.69, 9.17) is 0 Å². The molecule has 1 aliphatic rings. The Bertz CT molecular complexity index is 466. The van der Waals surface area contributed by atoms with Crippen molar-refractivity contribution >= 4 is 17.6 Å². The van der Waals surface area contributed by atoms with Crippen LogP contribution in [0.5, 0.6) is 0 Å². The summed E-state index contributed by atoms with van der Waals surface area (Å²) in [6.07, 6.45) is 0.283. The summed E-state index contributed by atoms with van der Waals surface area (Å²) in [6, 6.07) is 0. The number of rotatable bonds is 2. The van der Waals surface area contributed by atoms with Crippen molar-refractivity contribution in [2.24, 2.45) is 5.92 Å². The number of carbonyl (C=O) groups is 2. The number of aryl methyl sites for hydroxylation is 1. The van der Waals surface area contributed by atoms with Gasteiger partial charge in [0.2, 0.25) is 11.8 Å². The standard InChI is InChI=1S/C11H16N4O2/c1-6-7(2)13-14-10(6)12-11(17)8-4-9(16)15(3)5-8/h8H,4-5H2,1-3H3,(H2,12,13,14,17). The summed E-state index contributed by atoms with van der Waals surface area (Å²) < 4.78 is 0. The highest BCUT2D eigenvalue weighted by Gasteiger charge is 2.32. The van der Waals surface area contributed by atoms with E-state index in [1.165, 1.54) is 0 Å². The Morgan fingerprint density at radius 3 is 2.71 bits per heavy atom. The molecule has 1 aromatic heterocycles. The van der Waals surface area contributed by atoms with Crippen LogP contribution < -0.4 is 5.32 Å². The molecule has 0 aliphatic carbocycles. The van der Waals surface area contributed by atoms with Crippen molar-refractivity contribution in [1.29, 1.82) is 0 Å². The molecule has 1 saturated heterocycles. The lowest BCUT2D eigenvalue weighted by atomic mass is 10.1. The number of likely N-dealkylation sites (tertiary alicyclic amines) is 1. The van der Waals surface area contributed by atoms with Gasteiger partial charge in [-0.3, -0.25) is 14.7 Å². The third-order valence-electron chi connectivity index (χ3n) is 3.21. The zero-order chi connectivity index (χ0) is 12.6. The second kappa shape index (κ2) is 4.20. The van der Waals surface area contributed by atoms with Crippen molar-refractivity contribution < 1.29 is 9.59 Å². The van der Waals surface area contributed by atoms with Gasteiger partial charge in [-0.1, -0.05) is 0 Å². The average molecular weight is 236 g/mol. The number of carbonyl (C=O) groups excluding carboxylic acids is 2. The second-order valence-corrected chi connectivity index (χ2v) is 4.49. The van der Waals surface area contributed by atoms with E-state index >= 15 is 0 Å². The topological polar surface area (TPSA) is 78.1 Å². The fourth-order valence-corrected chi connectivity index (χ4v) is 1.86. The van der Waals surface area contributed by atoms with E-state index in [9.17, 15) is 9.59 Å². The predicted octanol–water partition coefficient (Wildman–Crippen LogP) is 0.443. The Hall–Kier alpha value is -1.85. The molecular weight excluding hydrogens is 220 g/mol. The molecule has 6 nitrogen and oxygen atoms in total. The molecular formula is C11H16N4O2. The molecule has 1 atom stereocenters. The molecule has 0 bridgehead atoms. The first-order chi connectivity index (χ1) is 7.99. The Morgan fingerprint density at radius 1 is 1.53 bits per heavy atom. The van der Waals surface area contributed by atoms with Crippen molar-refractivity contribution in [2.45, 2.75) is 20.3 Å². The summed E-state index contributed by atoms with van der Waals surface area (Å²) in [7, 11) is 1.71. The highest BCUT2D eigenvalue weighted by atomic mass is 16.2. The first-order valence-corrected chi connectivity index (χ1v) is 5.55. The van der Waals surface area contributed by atoms with E-state index in [2.05, 4.69) is 15.5 Å². The van der Waals surface area contributed by atoms with Gasteiger partial charge in [0.1, 0.15) is 0 Å². The second-order valence-electron chi connectivity index (χ2n) is 4.49. The number of nitrogens with zero attached hydrogens (tertiary/aromatic N) is 2. The normalized spacial score (nSPS) is 19.8. The molecule has 1 aliphatic heterocycles. The van der Waals surface area contributed by atoms with Crippen LogP contribution in [0.1, 0.15) is 17.7 Å². The largest absolute Gasteiger partial charge is 0.345 e. The molecule has 17 heavy (non-hydrogen) atoms. The van der Waals surface area contributed by atoms with E-state index in [0.717, 1.165) is 11.3 Å². The first-order valence-electron chi connectivity index (χ1n) is 5.55. The van der Waals surface area contributed by atoms with Gasteiger partial charge >= 0.3 is 0 Å². The molecule has 0 saturated carbocycles. The van der Waals surface area contributed by atoms with Gasteiger partial charge in [0, 0.05) is 31.3 Å². The van der Waals surface area contributed by atoms with Crippen LogP contribution in [-0.2, 0) is 9.59 Å². The number of aromatic amines is 1. The molecule has 0 aromatic carbocycles. The Kier molecular flexibility index (Phi) is 2.87. The molecule has 1 aromatic rings. The minimum absolute atomic E-state index is 0.0140. The SMILES string of the molecule is Cc1[nH]nc(NC(=O)C2CC(=O)N(C)C2)c1C. The van der Waals surface area contributed by atoms with E-state index < -0.39 is 0 Å². The highest BCUT2D eigenvalue weighted by molar-refractivity contribution is 5.97. The summed E-state index contributed by atoms with van der Waals surface area (Å²) >= 11 is 0. The van der Waals surface area contributed by atoms with Crippen molar-refractivity contribution in [3.05, 3.63) is 11.3 Å². The zero-order valence-electron chi connectivity index (χ0n) is 10.2. The molecule has 0 radical (unpaired) electrons. The van der Waals surface area contributed by atoms with Crippen molar-refractivity contribution in [3.63, 3.8) is 0 Å². The van der Waals surface area contributed by atoms with Crippen LogP contribution in [0.3, 0.4) is 0 Å². The Morgan fingerprint density at radius 2 is 2.24 bits per heavy atom. The molecule has 1 unspecified atom stereocenters. The summed E-state index contributed by atoms with van der Waals surface area (Å²) in [5.41, 5.74) is 1.86. The van der Waals surface area contributed by atoms with Gasteiger partial charge in [-0.05, 0) is 13.8 Å². The van der Waals surface area contributed by atoms with Crippen molar-refractivity contribution in [1.82, 2.24) is 15.1 Å². The third-order valence-corrected chi connectivity index (χ3v) is 3.21. The Labute approximate surface area is 99.4 Å². The van der Waals surface area contributed by atoms with Crippen LogP contribution in [-0.4, -0.2) is 40.5 Å². The number of H-pyrrole nitrogens is 1. The minimum atomic E-state index is -0.274. The fourth-order valence-electron chi connectivity index (χ4n) is 1.86. The van der Waals surface area contributed by atoms with Crippen molar-refractivity contribution in [2.75, 3.05) is 18.9 Å². The predicted molar refractivity (Wildman–Crippen MR) is 62.4 cm³/mol. The van der Waals surface area contributed by atoms with Crippen LogP contribution in [0.25, 0.3) is 0 Å². The number of anilines is 1. The lowest BCUT2D eigenvalue weighted by molar-refractivity contribution is -0.127. The molecule has 1 fully saturated rings. The lowest BCUT2D eigenvalue weighted by Crippen LogP contribution is -2.26. The van der Waals surface area contributed by atoms with Crippen LogP contribution in [0, 0.1) is 19.8 Å².